The SMILES string of the molecule is O=C(O)c1cn(CCNCCc2cccs2)nn1. The molecule has 2 aromatic heterocycles. The van der Waals surface area contributed by atoms with Crippen molar-refractivity contribution in [3.05, 3.63) is 34.3 Å². The van der Waals surface area contributed by atoms with Crippen molar-refractivity contribution >= 4 is 17.3 Å². The van der Waals surface area contributed by atoms with Gasteiger partial charge in [-0.05, 0) is 17.9 Å². The van der Waals surface area contributed by atoms with Gasteiger partial charge in [-0.2, -0.15) is 0 Å². The van der Waals surface area contributed by atoms with Crippen molar-refractivity contribution in [2.45, 2.75) is 13.0 Å². The number of hydrogen-bond acceptors (Lipinski definition) is 5. The summed E-state index contributed by atoms with van der Waals surface area (Å²) in [6.07, 6.45) is 2.44. The van der Waals surface area contributed by atoms with Gasteiger partial charge in [0.25, 0.3) is 0 Å². The van der Waals surface area contributed by atoms with Crippen LogP contribution in [0.4, 0.5) is 0 Å². The van der Waals surface area contributed by atoms with E-state index in [1.165, 1.54) is 15.8 Å². The summed E-state index contributed by atoms with van der Waals surface area (Å²) in [6, 6.07) is 4.16. The maximum Gasteiger partial charge on any atom is 0.358 e. The molecule has 0 aliphatic carbocycles. The van der Waals surface area contributed by atoms with Gasteiger partial charge < -0.3 is 10.4 Å². The van der Waals surface area contributed by atoms with E-state index < -0.39 is 5.97 Å². The Bertz CT molecular complexity index is 495. The first kappa shape index (κ1) is 12.7. The first-order valence-electron chi connectivity index (χ1n) is 5.62. The quantitative estimate of drug-likeness (QED) is 0.727. The van der Waals surface area contributed by atoms with E-state index in [2.05, 4.69) is 27.1 Å². The van der Waals surface area contributed by atoms with Gasteiger partial charge in [0.15, 0.2) is 5.69 Å². The van der Waals surface area contributed by atoms with Crippen LogP contribution in [0.25, 0.3) is 0 Å². The predicted molar refractivity (Wildman–Crippen MR) is 67.9 cm³/mol. The Kier molecular flexibility index (Phi) is 4.43. The van der Waals surface area contributed by atoms with E-state index >= 15 is 0 Å². The number of carboxylic acids is 1. The van der Waals surface area contributed by atoms with Crippen LogP contribution in [0.2, 0.25) is 0 Å². The molecule has 0 bridgehead atoms. The Hall–Kier alpha value is -1.73. The van der Waals surface area contributed by atoms with Crippen molar-refractivity contribution in [3.63, 3.8) is 0 Å². The number of rotatable bonds is 7. The fourth-order valence-electron chi connectivity index (χ4n) is 1.49. The molecule has 0 aromatic carbocycles. The molecule has 2 aromatic rings. The van der Waals surface area contributed by atoms with Crippen LogP contribution in [0.3, 0.4) is 0 Å². The summed E-state index contributed by atoms with van der Waals surface area (Å²) in [6.45, 7) is 2.26. The topological polar surface area (TPSA) is 80.0 Å². The minimum atomic E-state index is -1.05. The van der Waals surface area contributed by atoms with Crippen molar-refractivity contribution < 1.29 is 9.90 Å². The zero-order valence-corrected chi connectivity index (χ0v) is 10.6. The van der Waals surface area contributed by atoms with Gasteiger partial charge in [-0.25, -0.2) is 4.79 Å². The molecule has 96 valence electrons. The average molecular weight is 266 g/mol. The highest BCUT2D eigenvalue weighted by molar-refractivity contribution is 7.09. The van der Waals surface area contributed by atoms with Crippen molar-refractivity contribution in [1.82, 2.24) is 20.3 Å². The zero-order chi connectivity index (χ0) is 12.8. The molecule has 0 radical (unpaired) electrons. The maximum atomic E-state index is 10.6. The summed E-state index contributed by atoms with van der Waals surface area (Å²) in [4.78, 5) is 11.9. The predicted octanol–water partition coefficient (Wildman–Crippen LogP) is 0.870. The molecule has 2 N–H and O–H groups in total. The molecule has 2 heterocycles. The van der Waals surface area contributed by atoms with Crippen LogP contribution in [0.15, 0.2) is 23.7 Å². The number of carbonyl (C=O) groups is 1. The molecule has 0 saturated carbocycles. The van der Waals surface area contributed by atoms with Crippen molar-refractivity contribution in [1.29, 1.82) is 0 Å². The fraction of sp³-hybridized carbons (Fsp3) is 0.364. The van der Waals surface area contributed by atoms with Gasteiger partial charge in [0.2, 0.25) is 0 Å². The lowest BCUT2D eigenvalue weighted by Crippen LogP contribution is -2.22. The summed E-state index contributed by atoms with van der Waals surface area (Å²) in [5.74, 6) is -1.05. The summed E-state index contributed by atoms with van der Waals surface area (Å²) >= 11 is 1.75. The first-order chi connectivity index (χ1) is 8.75. The zero-order valence-electron chi connectivity index (χ0n) is 9.74. The van der Waals surface area contributed by atoms with E-state index in [-0.39, 0.29) is 5.69 Å². The average Bonchev–Trinajstić information content (AvgIpc) is 2.98. The number of nitrogens with one attached hydrogen (secondary N) is 1. The summed E-state index contributed by atoms with van der Waals surface area (Å²) in [5.41, 5.74) is -0.0198. The summed E-state index contributed by atoms with van der Waals surface area (Å²) in [7, 11) is 0. The number of aromatic carboxylic acids is 1. The molecule has 0 saturated heterocycles. The van der Waals surface area contributed by atoms with Crippen LogP contribution in [-0.2, 0) is 13.0 Å². The van der Waals surface area contributed by atoms with E-state index in [9.17, 15) is 4.79 Å². The first-order valence-corrected chi connectivity index (χ1v) is 6.50. The molecule has 0 atom stereocenters. The molecule has 0 fully saturated rings. The van der Waals surface area contributed by atoms with Crippen LogP contribution in [0.5, 0.6) is 0 Å². The normalized spacial score (nSPS) is 10.7. The van der Waals surface area contributed by atoms with E-state index in [0.717, 1.165) is 19.5 Å². The highest BCUT2D eigenvalue weighted by Gasteiger charge is 2.07. The molecule has 0 aliphatic rings. The highest BCUT2D eigenvalue weighted by Crippen LogP contribution is 2.07. The van der Waals surface area contributed by atoms with Crippen molar-refractivity contribution in [2.24, 2.45) is 0 Å². The second kappa shape index (κ2) is 6.27. The van der Waals surface area contributed by atoms with Gasteiger partial charge >= 0.3 is 5.97 Å². The minimum absolute atomic E-state index is 0.0198. The number of carboxylic acid groups (broad SMARTS) is 1. The number of thiophene rings is 1. The largest absolute Gasteiger partial charge is 0.476 e. The van der Waals surface area contributed by atoms with E-state index in [0.29, 0.717) is 6.54 Å². The third-order valence-corrected chi connectivity index (χ3v) is 3.34. The highest BCUT2D eigenvalue weighted by atomic mass is 32.1. The van der Waals surface area contributed by atoms with Crippen LogP contribution >= 0.6 is 11.3 Å². The molecule has 2 rings (SSSR count). The van der Waals surface area contributed by atoms with Crippen LogP contribution in [0, 0.1) is 0 Å². The molecular weight excluding hydrogens is 252 g/mol. The molecule has 0 spiro atoms. The molecule has 18 heavy (non-hydrogen) atoms. The van der Waals surface area contributed by atoms with E-state index in [4.69, 9.17) is 5.11 Å². The number of hydrogen-bond donors (Lipinski definition) is 2. The van der Waals surface area contributed by atoms with E-state index in [1.807, 2.05) is 6.07 Å². The van der Waals surface area contributed by atoms with Crippen LogP contribution in [-0.4, -0.2) is 39.2 Å². The van der Waals surface area contributed by atoms with Gasteiger partial charge in [0.05, 0.1) is 12.7 Å². The fourth-order valence-corrected chi connectivity index (χ4v) is 2.20. The van der Waals surface area contributed by atoms with Gasteiger partial charge in [-0.3, -0.25) is 4.68 Å². The number of nitrogens with zero attached hydrogens (tertiary/aromatic N) is 3. The van der Waals surface area contributed by atoms with Crippen molar-refractivity contribution in [2.75, 3.05) is 13.1 Å². The molecule has 0 unspecified atom stereocenters. The second-order valence-electron chi connectivity index (χ2n) is 3.75. The van der Waals surface area contributed by atoms with Crippen molar-refractivity contribution in [3.8, 4) is 0 Å². The Morgan fingerprint density at radius 1 is 1.50 bits per heavy atom. The molecular formula is C11H14N4O2S. The molecule has 7 heteroatoms. The lowest BCUT2D eigenvalue weighted by molar-refractivity contribution is 0.0690. The monoisotopic (exact) mass is 266 g/mol. The summed E-state index contributed by atoms with van der Waals surface area (Å²) < 4.78 is 1.53. The van der Waals surface area contributed by atoms with E-state index in [1.54, 1.807) is 11.3 Å². The lowest BCUT2D eigenvalue weighted by Gasteiger charge is -2.03. The second-order valence-corrected chi connectivity index (χ2v) is 4.78. The third kappa shape index (κ3) is 3.64. The minimum Gasteiger partial charge on any atom is -0.476 e. The maximum absolute atomic E-state index is 10.6. The third-order valence-electron chi connectivity index (χ3n) is 2.40. The molecule has 6 nitrogen and oxygen atoms in total. The Labute approximate surface area is 108 Å². The standard InChI is InChI=1S/C11H14N4O2S/c16-11(17)10-8-15(14-13-10)6-5-12-4-3-9-2-1-7-18-9/h1-2,7-8,12H,3-6H2,(H,16,17). The van der Waals surface area contributed by atoms with Crippen LogP contribution < -0.4 is 5.32 Å². The van der Waals surface area contributed by atoms with Gasteiger partial charge in [-0.1, -0.05) is 11.3 Å². The molecule has 0 amide bonds. The van der Waals surface area contributed by atoms with Gasteiger partial charge in [0, 0.05) is 18.0 Å². The molecule has 0 aliphatic heterocycles. The smallest absolute Gasteiger partial charge is 0.358 e. The van der Waals surface area contributed by atoms with Crippen LogP contribution in [0.1, 0.15) is 15.4 Å². The Morgan fingerprint density at radius 2 is 2.39 bits per heavy atom. The Morgan fingerprint density at radius 3 is 3.06 bits per heavy atom. The summed E-state index contributed by atoms with van der Waals surface area (Å²) in [5, 5.41) is 21.3. The number of aromatic nitrogens is 3. The Balaban J connectivity index is 1.64. The van der Waals surface area contributed by atoms with Gasteiger partial charge in [0.1, 0.15) is 0 Å². The van der Waals surface area contributed by atoms with Gasteiger partial charge in [-0.15, -0.1) is 16.4 Å². The lowest BCUT2D eigenvalue weighted by atomic mass is 10.3.